The first-order valence-electron chi connectivity index (χ1n) is 8.59. The Balaban J connectivity index is 1.97. The molecule has 2 rings (SSSR count). The molecule has 2 aromatic rings. The quantitative estimate of drug-likeness (QED) is 0.677. The lowest BCUT2D eigenvalue weighted by atomic mass is 10.2. The van der Waals surface area contributed by atoms with Crippen molar-refractivity contribution in [3.05, 3.63) is 46.3 Å². The van der Waals surface area contributed by atoms with Gasteiger partial charge < -0.3 is 19.0 Å². The summed E-state index contributed by atoms with van der Waals surface area (Å²) in [5, 5.41) is 0.347. The number of hydrogen-bond acceptors (Lipinski definition) is 6. The number of carbonyl (C=O) groups excluding carboxylic acids is 3. The fourth-order valence-electron chi connectivity index (χ4n) is 2.48. The van der Waals surface area contributed by atoms with E-state index in [0.717, 1.165) is 6.07 Å². The molecule has 0 radical (unpaired) electrons. The average Bonchev–Trinajstić information content (AvgIpc) is 2.66. The topological polar surface area (TPSA) is 97.1 Å². The standard InChI is InChI=1S/C19H22N2O6/c1-4-21(5-2)17(23)11-20(3)18(24)12-26-19(25)16-10-14(22)13-8-6-7-9-15(13)27-16/h6-10H,4-5,11-12H2,1-3H3. The van der Waals surface area contributed by atoms with E-state index in [1.807, 2.05) is 13.8 Å². The Morgan fingerprint density at radius 3 is 2.41 bits per heavy atom. The van der Waals surface area contributed by atoms with Gasteiger partial charge in [-0.1, -0.05) is 12.1 Å². The van der Waals surface area contributed by atoms with Crippen LogP contribution in [0.25, 0.3) is 11.0 Å². The van der Waals surface area contributed by atoms with E-state index in [1.54, 1.807) is 29.2 Å². The molecule has 0 saturated heterocycles. The fraction of sp³-hybridized carbons (Fsp3) is 0.368. The molecule has 0 saturated carbocycles. The minimum Gasteiger partial charge on any atom is -0.450 e. The smallest absolute Gasteiger partial charge is 0.374 e. The van der Waals surface area contributed by atoms with Gasteiger partial charge in [0.05, 0.1) is 11.9 Å². The van der Waals surface area contributed by atoms with Crippen LogP contribution < -0.4 is 5.43 Å². The largest absolute Gasteiger partial charge is 0.450 e. The maximum atomic E-state index is 12.1. The van der Waals surface area contributed by atoms with E-state index in [1.165, 1.54) is 11.9 Å². The first kappa shape index (κ1) is 20.2. The molecule has 1 aromatic heterocycles. The van der Waals surface area contributed by atoms with Crippen LogP contribution >= 0.6 is 0 Å². The van der Waals surface area contributed by atoms with Gasteiger partial charge in [0.1, 0.15) is 5.58 Å². The van der Waals surface area contributed by atoms with Crippen LogP contribution in [0.5, 0.6) is 0 Å². The molecule has 1 aromatic carbocycles. The van der Waals surface area contributed by atoms with Gasteiger partial charge in [-0.15, -0.1) is 0 Å². The molecule has 0 atom stereocenters. The van der Waals surface area contributed by atoms with E-state index in [2.05, 4.69) is 0 Å². The zero-order valence-corrected chi connectivity index (χ0v) is 15.6. The van der Waals surface area contributed by atoms with Crippen LogP contribution in [0.15, 0.2) is 39.5 Å². The van der Waals surface area contributed by atoms with Gasteiger partial charge in [0.2, 0.25) is 11.7 Å². The van der Waals surface area contributed by atoms with Crippen LogP contribution in [0.1, 0.15) is 24.4 Å². The first-order chi connectivity index (χ1) is 12.9. The van der Waals surface area contributed by atoms with E-state index >= 15 is 0 Å². The number of fused-ring (bicyclic) bond motifs is 1. The number of carbonyl (C=O) groups is 3. The van der Waals surface area contributed by atoms with Gasteiger partial charge in [0.15, 0.2) is 12.0 Å². The molecular formula is C19H22N2O6. The molecule has 8 heteroatoms. The molecule has 1 heterocycles. The van der Waals surface area contributed by atoms with Crippen LogP contribution in [0.4, 0.5) is 0 Å². The maximum absolute atomic E-state index is 12.1. The maximum Gasteiger partial charge on any atom is 0.374 e. The predicted molar refractivity (Wildman–Crippen MR) is 98.3 cm³/mol. The van der Waals surface area contributed by atoms with Crippen molar-refractivity contribution in [3.63, 3.8) is 0 Å². The molecular weight excluding hydrogens is 352 g/mol. The summed E-state index contributed by atoms with van der Waals surface area (Å²) in [5.74, 6) is -1.93. The Kier molecular flexibility index (Phi) is 6.70. The Hall–Kier alpha value is -3.16. The molecule has 0 fully saturated rings. The summed E-state index contributed by atoms with van der Waals surface area (Å²) >= 11 is 0. The number of likely N-dealkylation sites (N-methyl/N-ethyl adjacent to an activating group) is 2. The minimum atomic E-state index is -0.922. The normalized spacial score (nSPS) is 10.5. The summed E-state index contributed by atoms with van der Waals surface area (Å²) in [6, 6.07) is 7.53. The van der Waals surface area contributed by atoms with Crippen molar-refractivity contribution in [3.8, 4) is 0 Å². The molecule has 0 aliphatic rings. The lowest BCUT2D eigenvalue weighted by molar-refractivity contribution is -0.140. The molecule has 0 bridgehead atoms. The third-order valence-electron chi connectivity index (χ3n) is 4.08. The Labute approximate surface area is 156 Å². The molecule has 0 aliphatic heterocycles. The summed E-state index contributed by atoms with van der Waals surface area (Å²) in [5.41, 5.74) is -0.123. The third kappa shape index (κ3) is 4.93. The molecule has 0 aliphatic carbocycles. The SMILES string of the molecule is CCN(CC)C(=O)CN(C)C(=O)COC(=O)c1cc(=O)c2ccccc2o1. The highest BCUT2D eigenvalue weighted by Gasteiger charge is 2.19. The average molecular weight is 374 g/mol. The van der Waals surface area contributed by atoms with Crippen molar-refractivity contribution < 1.29 is 23.5 Å². The molecule has 0 N–H and O–H groups in total. The van der Waals surface area contributed by atoms with Crippen LogP contribution in [0.3, 0.4) is 0 Å². The van der Waals surface area contributed by atoms with Gasteiger partial charge in [-0.2, -0.15) is 0 Å². The van der Waals surface area contributed by atoms with Gasteiger partial charge in [-0.3, -0.25) is 14.4 Å². The van der Waals surface area contributed by atoms with Crippen LogP contribution in [-0.4, -0.2) is 60.9 Å². The van der Waals surface area contributed by atoms with E-state index in [-0.39, 0.29) is 29.2 Å². The monoisotopic (exact) mass is 374 g/mol. The third-order valence-corrected chi connectivity index (χ3v) is 4.08. The van der Waals surface area contributed by atoms with E-state index in [9.17, 15) is 19.2 Å². The number of nitrogens with zero attached hydrogens (tertiary/aromatic N) is 2. The van der Waals surface area contributed by atoms with Crippen molar-refractivity contribution >= 4 is 28.8 Å². The number of esters is 1. The highest BCUT2D eigenvalue weighted by Crippen LogP contribution is 2.12. The second-order valence-electron chi connectivity index (χ2n) is 5.86. The number of hydrogen-bond donors (Lipinski definition) is 0. The molecule has 144 valence electrons. The number of ether oxygens (including phenoxy) is 1. The summed E-state index contributed by atoms with van der Waals surface area (Å²) in [6.45, 7) is 4.13. The van der Waals surface area contributed by atoms with E-state index in [0.29, 0.717) is 18.5 Å². The molecule has 0 unspecified atom stereocenters. The second kappa shape index (κ2) is 8.98. The lowest BCUT2D eigenvalue weighted by Gasteiger charge is -2.23. The Morgan fingerprint density at radius 1 is 1.07 bits per heavy atom. The number of para-hydroxylation sites is 1. The van der Waals surface area contributed by atoms with Gasteiger partial charge in [0, 0.05) is 26.2 Å². The highest BCUT2D eigenvalue weighted by molar-refractivity contribution is 5.91. The highest BCUT2D eigenvalue weighted by atomic mass is 16.5. The molecule has 0 spiro atoms. The number of benzene rings is 1. The van der Waals surface area contributed by atoms with E-state index in [4.69, 9.17) is 9.15 Å². The molecule has 27 heavy (non-hydrogen) atoms. The summed E-state index contributed by atoms with van der Waals surface area (Å²) in [6.07, 6.45) is 0. The second-order valence-corrected chi connectivity index (χ2v) is 5.86. The number of amides is 2. The Bertz CT molecular complexity index is 900. The van der Waals surface area contributed by atoms with Gasteiger partial charge in [-0.25, -0.2) is 4.79 Å². The van der Waals surface area contributed by atoms with Crippen LogP contribution in [-0.2, 0) is 14.3 Å². The predicted octanol–water partition coefficient (Wildman–Crippen LogP) is 1.28. The summed E-state index contributed by atoms with van der Waals surface area (Å²) in [7, 11) is 1.45. The van der Waals surface area contributed by atoms with Gasteiger partial charge >= 0.3 is 5.97 Å². The van der Waals surface area contributed by atoms with Crippen molar-refractivity contribution in [1.82, 2.24) is 9.80 Å². The van der Waals surface area contributed by atoms with Crippen molar-refractivity contribution in [2.75, 3.05) is 33.3 Å². The van der Waals surface area contributed by atoms with Crippen molar-refractivity contribution in [2.24, 2.45) is 0 Å². The summed E-state index contributed by atoms with van der Waals surface area (Å²) in [4.78, 5) is 51.0. The van der Waals surface area contributed by atoms with Crippen LogP contribution in [0, 0.1) is 0 Å². The summed E-state index contributed by atoms with van der Waals surface area (Å²) < 4.78 is 10.3. The van der Waals surface area contributed by atoms with Gasteiger partial charge in [-0.05, 0) is 26.0 Å². The minimum absolute atomic E-state index is 0.108. The zero-order chi connectivity index (χ0) is 20.0. The van der Waals surface area contributed by atoms with Crippen molar-refractivity contribution in [1.29, 1.82) is 0 Å². The van der Waals surface area contributed by atoms with Gasteiger partial charge in [0.25, 0.3) is 5.91 Å². The Morgan fingerprint density at radius 2 is 1.74 bits per heavy atom. The van der Waals surface area contributed by atoms with E-state index < -0.39 is 18.5 Å². The number of rotatable bonds is 7. The first-order valence-corrected chi connectivity index (χ1v) is 8.59. The molecule has 2 amide bonds. The fourth-order valence-corrected chi connectivity index (χ4v) is 2.48. The van der Waals surface area contributed by atoms with Crippen LogP contribution in [0.2, 0.25) is 0 Å². The van der Waals surface area contributed by atoms with Crippen molar-refractivity contribution in [2.45, 2.75) is 13.8 Å². The zero-order valence-electron chi connectivity index (χ0n) is 15.6. The lowest BCUT2D eigenvalue weighted by Crippen LogP contribution is -2.42. The molecule has 8 nitrogen and oxygen atoms in total.